The minimum absolute atomic E-state index is 0.787. The van der Waals surface area contributed by atoms with Crippen LogP contribution in [-0.2, 0) is 13.0 Å². The molecule has 0 fully saturated rings. The van der Waals surface area contributed by atoms with Crippen molar-refractivity contribution in [2.24, 2.45) is 0 Å². The third-order valence-corrected chi connectivity index (χ3v) is 3.30. The van der Waals surface area contributed by atoms with Crippen LogP contribution in [0.1, 0.15) is 31.7 Å². The largest absolute Gasteiger partial charge is 0.383 e. The third-order valence-electron chi connectivity index (χ3n) is 3.30. The Morgan fingerprint density at radius 2 is 1.94 bits per heavy atom. The van der Waals surface area contributed by atoms with Crippen molar-refractivity contribution in [2.75, 3.05) is 5.73 Å². The zero-order valence-corrected chi connectivity index (χ0v) is 11.4. The molecule has 2 aromatic rings. The SMILES string of the molecule is CCCn1c(C)nc(-c2ccccc2CC)c1N. The van der Waals surface area contributed by atoms with Gasteiger partial charge in [0.1, 0.15) is 17.3 Å². The van der Waals surface area contributed by atoms with Crippen LogP contribution in [0.5, 0.6) is 0 Å². The van der Waals surface area contributed by atoms with E-state index in [0.717, 1.165) is 42.3 Å². The third kappa shape index (κ3) is 2.13. The maximum atomic E-state index is 6.25. The molecule has 1 aromatic carbocycles. The molecule has 3 nitrogen and oxygen atoms in total. The fourth-order valence-electron chi connectivity index (χ4n) is 2.35. The fourth-order valence-corrected chi connectivity index (χ4v) is 2.35. The van der Waals surface area contributed by atoms with E-state index in [0.29, 0.717) is 0 Å². The van der Waals surface area contributed by atoms with Gasteiger partial charge < -0.3 is 10.3 Å². The molecule has 0 radical (unpaired) electrons. The molecule has 96 valence electrons. The van der Waals surface area contributed by atoms with Gasteiger partial charge in [-0.1, -0.05) is 38.1 Å². The lowest BCUT2D eigenvalue weighted by atomic mass is 10.0. The summed E-state index contributed by atoms with van der Waals surface area (Å²) in [4.78, 5) is 4.65. The average molecular weight is 243 g/mol. The lowest BCUT2D eigenvalue weighted by molar-refractivity contribution is 0.665. The van der Waals surface area contributed by atoms with Crippen molar-refractivity contribution in [2.45, 2.75) is 40.2 Å². The molecular formula is C15H21N3. The highest BCUT2D eigenvalue weighted by Gasteiger charge is 2.14. The van der Waals surface area contributed by atoms with Crippen molar-refractivity contribution in [3.63, 3.8) is 0 Å². The van der Waals surface area contributed by atoms with Gasteiger partial charge in [0.2, 0.25) is 0 Å². The summed E-state index contributed by atoms with van der Waals surface area (Å²) in [6.07, 6.45) is 2.06. The van der Waals surface area contributed by atoms with Crippen molar-refractivity contribution < 1.29 is 0 Å². The molecule has 0 amide bonds. The zero-order valence-electron chi connectivity index (χ0n) is 11.4. The summed E-state index contributed by atoms with van der Waals surface area (Å²) >= 11 is 0. The van der Waals surface area contributed by atoms with Gasteiger partial charge in [0.15, 0.2) is 0 Å². The summed E-state index contributed by atoms with van der Waals surface area (Å²) in [5.41, 5.74) is 9.63. The van der Waals surface area contributed by atoms with E-state index in [1.54, 1.807) is 0 Å². The van der Waals surface area contributed by atoms with Gasteiger partial charge in [-0.25, -0.2) is 4.98 Å². The molecule has 0 saturated heterocycles. The molecule has 0 atom stereocenters. The quantitative estimate of drug-likeness (QED) is 0.894. The van der Waals surface area contributed by atoms with Crippen LogP contribution < -0.4 is 5.73 Å². The minimum Gasteiger partial charge on any atom is -0.383 e. The molecule has 0 aliphatic rings. The van der Waals surface area contributed by atoms with E-state index in [1.807, 2.05) is 13.0 Å². The molecule has 0 bridgehead atoms. The van der Waals surface area contributed by atoms with E-state index >= 15 is 0 Å². The fraction of sp³-hybridized carbons (Fsp3) is 0.400. The Hall–Kier alpha value is -1.77. The number of hydrogen-bond donors (Lipinski definition) is 1. The highest BCUT2D eigenvalue weighted by molar-refractivity contribution is 5.73. The second-order valence-corrected chi connectivity index (χ2v) is 4.56. The highest BCUT2D eigenvalue weighted by Crippen LogP contribution is 2.29. The number of anilines is 1. The van der Waals surface area contributed by atoms with Crippen LogP contribution in [0.25, 0.3) is 11.3 Å². The topological polar surface area (TPSA) is 43.8 Å². The average Bonchev–Trinajstić information content (AvgIpc) is 2.67. The van der Waals surface area contributed by atoms with Gasteiger partial charge >= 0.3 is 0 Å². The number of benzene rings is 1. The summed E-state index contributed by atoms with van der Waals surface area (Å²) in [5, 5.41) is 0. The first-order valence-electron chi connectivity index (χ1n) is 6.59. The van der Waals surface area contributed by atoms with E-state index in [-0.39, 0.29) is 0 Å². The molecule has 0 aliphatic heterocycles. The van der Waals surface area contributed by atoms with Crippen molar-refractivity contribution >= 4 is 5.82 Å². The first-order valence-corrected chi connectivity index (χ1v) is 6.59. The van der Waals surface area contributed by atoms with Crippen molar-refractivity contribution in [1.29, 1.82) is 0 Å². The second-order valence-electron chi connectivity index (χ2n) is 4.56. The predicted molar refractivity (Wildman–Crippen MR) is 76.5 cm³/mol. The van der Waals surface area contributed by atoms with E-state index < -0.39 is 0 Å². The molecule has 2 rings (SSSR count). The molecular weight excluding hydrogens is 222 g/mol. The van der Waals surface area contributed by atoms with Crippen LogP contribution in [0.3, 0.4) is 0 Å². The van der Waals surface area contributed by atoms with Gasteiger partial charge in [0.25, 0.3) is 0 Å². The lowest BCUT2D eigenvalue weighted by Gasteiger charge is -2.07. The number of hydrogen-bond acceptors (Lipinski definition) is 2. The Bertz CT molecular complexity index is 541. The van der Waals surface area contributed by atoms with Gasteiger partial charge in [0.05, 0.1) is 0 Å². The van der Waals surface area contributed by atoms with Crippen LogP contribution in [0, 0.1) is 6.92 Å². The Balaban J connectivity index is 2.54. The predicted octanol–water partition coefficient (Wildman–Crippen LogP) is 3.41. The summed E-state index contributed by atoms with van der Waals surface area (Å²) in [6, 6.07) is 8.35. The summed E-state index contributed by atoms with van der Waals surface area (Å²) < 4.78 is 2.10. The molecule has 18 heavy (non-hydrogen) atoms. The van der Waals surface area contributed by atoms with Crippen molar-refractivity contribution in [3.8, 4) is 11.3 Å². The molecule has 0 saturated carbocycles. The monoisotopic (exact) mass is 243 g/mol. The maximum Gasteiger partial charge on any atom is 0.131 e. The van der Waals surface area contributed by atoms with E-state index in [4.69, 9.17) is 5.73 Å². The number of nitrogen functional groups attached to an aromatic ring is 1. The number of aryl methyl sites for hydroxylation is 2. The number of nitrogens with two attached hydrogens (primary N) is 1. The Morgan fingerprint density at radius 1 is 1.22 bits per heavy atom. The molecule has 1 heterocycles. The lowest BCUT2D eigenvalue weighted by Crippen LogP contribution is -2.04. The molecule has 2 N–H and O–H groups in total. The Kier molecular flexibility index (Phi) is 3.70. The van der Waals surface area contributed by atoms with Crippen LogP contribution >= 0.6 is 0 Å². The zero-order chi connectivity index (χ0) is 13.1. The van der Waals surface area contributed by atoms with E-state index in [9.17, 15) is 0 Å². The number of nitrogens with zero attached hydrogens (tertiary/aromatic N) is 2. The number of aromatic nitrogens is 2. The van der Waals surface area contributed by atoms with Gasteiger partial charge in [-0.05, 0) is 25.3 Å². The van der Waals surface area contributed by atoms with Gasteiger partial charge in [-0.2, -0.15) is 0 Å². The van der Waals surface area contributed by atoms with Crippen LogP contribution in [0.4, 0.5) is 5.82 Å². The molecule has 0 aliphatic carbocycles. The van der Waals surface area contributed by atoms with Gasteiger partial charge in [-0.15, -0.1) is 0 Å². The minimum atomic E-state index is 0.787. The first kappa shape index (κ1) is 12.7. The van der Waals surface area contributed by atoms with Crippen LogP contribution in [0.15, 0.2) is 24.3 Å². The molecule has 0 spiro atoms. The van der Waals surface area contributed by atoms with Gasteiger partial charge in [0, 0.05) is 12.1 Å². The molecule has 1 aromatic heterocycles. The second kappa shape index (κ2) is 5.25. The van der Waals surface area contributed by atoms with E-state index in [2.05, 4.69) is 41.6 Å². The van der Waals surface area contributed by atoms with Crippen molar-refractivity contribution in [1.82, 2.24) is 9.55 Å². The smallest absolute Gasteiger partial charge is 0.131 e. The molecule has 3 heteroatoms. The van der Waals surface area contributed by atoms with E-state index in [1.165, 1.54) is 5.56 Å². The number of rotatable bonds is 4. The highest BCUT2D eigenvalue weighted by atomic mass is 15.1. The summed E-state index contributed by atoms with van der Waals surface area (Å²) in [7, 11) is 0. The normalized spacial score (nSPS) is 10.8. The van der Waals surface area contributed by atoms with Crippen molar-refractivity contribution in [3.05, 3.63) is 35.7 Å². The van der Waals surface area contributed by atoms with Gasteiger partial charge in [-0.3, -0.25) is 0 Å². The molecule has 0 unspecified atom stereocenters. The first-order chi connectivity index (χ1) is 8.69. The summed E-state index contributed by atoms with van der Waals surface area (Å²) in [6.45, 7) is 7.26. The standard InChI is InChI=1S/C15H21N3/c1-4-10-18-11(3)17-14(15(18)16)13-9-7-6-8-12(13)5-2/h6-9H,4-5,10,16H2,1-3H3. The Morgan fingerprint density at radius 3 is 2.61 bits per heavy atom. The van der Waals surface area contributed by atoms with Crippen LogP contribution in [-0.4, -0.2) is 9.55 Å². The number of imidazole rings is 1. The Labute approximate surface area is 109 Å². The maximum absolute atomic E-state index is 6.25. The van der Waals surface area contributed by atoms with Crippen LogP contribution in [0.2, 0.25) is 0 Å². The summed E-state index contributed by atoms with van der Waals surface area (Å²) in [5.74, 6) is 1.78.